The summed E-state index contributed by atoms with van der Waals surface area (Å²) in [6, 6.07) is 6.34. The van der Waals surface area contributed by atoms with Gasteiger partial charge in [0.1, 0.15) is 0 Å². The number of anilines is 1. The van der Waals surface area contributed by atoms with E-state index in [4.69, 9.17) is 5.73 Å². The molecule has 0 saturated carbocycles. The molecule has 92 valence electrons. The van der Waals surface area contributed by atoms with Crippen LogP contribution in [0, 0.1) is 6.92 Å². The topological polar surface area (TPSA) is 46.3 Å². The van der Waals surface area contributed by atoms with Crippen LogP contribution in [0.4, 0.5) is 5.69 Å². The summed E-state index contributed by atoms with van der Waals surface area (Å²) < 4.78 is 0. The van der Waals surface area contributed by atoms with Crippen molar-refractivity contribution in [3.8, 4) is 0 Å². The Morgan fingerprint density at radius 2 is 2.29 bits per heavy atom. The van der Waals surface area contributed by atoms with E-state index in [9.17, 15) is 4.79 Å². The molecule has 0 aromatic heterocycles. The molecule has 1 aromatic rings. The summed E-state index contributed by atoms with van der Waals surface area (Å²) in [6.45, 7) is 3.52. The Morgan fingerprint density at radius 3 is 3.06 bits per heavy atom. The number of benzene rings is 1. The minimum absolute atomic E-state index is 0.209. The van der Waals surface area contributed by atoms with Crippen molar-refractivity contribution in [3.05, 3.63) is 29.3 Å². The average Bonchev–Trinajstić information content (AvgIpc) is 2.34. The maximum Gasteiger partial charge on any atom is 0.227 e. The molecule has 0 radical (unpaired) electrons. The Bertz CT molecular complexity index is 415. The molecule has 0 bridgehead atoms. The maximum atomic E-state index is 12.1. The van der Waals surface area contributed by atoms with Crippen LogP contribution in [0.5, 0.6) is 0 Å². The quantitative estimate of drug-likeness (QED) is 0.866. The van der Waals surface area contributed by atoms with Crippen LogP contribution in [-0.2, 0) is 11.2 Å². The molecule has 3 heteroatoms. The average molecular weight is 232 g/mol. The molecule has 17 heavy (non-hydrogen) atoms. The number of nitrogens with zero attached hydrogens (tertiary/aromatic N) is 1. The van der Waals surface area contributed by atoms with Crippen molar-refractivity contribution in [2.24, 2.45) is 5.73 Å². The zero-order valence-electron chi connectivity index (χ0n) is 10.4. The van der Waals surface area contributed by atoms with Crippen LogP contribution in [0.3, 0.4) is 0 Å². The zero-order valence-corrected chi connectivity index (χ0v) is 10.4. The Balaban J connectivity index is 2.19. The second-order valence-electron chi connectivity index (χ2n) is 4.67. The minimum atomic E-state index is 0.209. The van der Waals surface area contributed by atoms with Gasteiger partial charge in [0, 0.05) is 18.7 Å². The van der Waals surface area contributed by atoms with Gasteiger partial charge in [-0.25, -0.2) is 0 Å². The first kappa shape index (κ1) is 12.1. The third-order valence-corrected chi connectivity index (χ3v) is 3.25. The molecular formula is C14H20N2O. The molecule has 1 heterocycles. The highest BCUT2D eigenvalue weighted by atomic mass is 16.2. The third-order valence-electron chi connectivity index (χ3n) is 3.25. The van der Waals surface area contributed by atoms with Gasteiger partial charge in [0.05, 0.1) is 0 Å². The molecule has 0 fully saturated rings. The Labute approximate surface area is 103 Å². The number of rotatable bonds is 3. The van der Waals surface area contributed by atoms with Gasteiger partial charge in [0.2, 0.25) is 5.91 Å². The number of hydrogen-bond acceptors (Lipinski definition) is 2. The molecule has 0 saturated heterocycles. The second kappa shape index (κ2) is 5.32. The van der Waals surface area contributed by atoms with E-state index in [-0.39, 0.29) is 5.91 Å². The lowest BCUT2D eigenvalue weighted by Crippen LogP contribution is -2.35. The summed E-state index contributed by atoms with van der Waals surface area (Å²) in [4.78, 5) is 14.0. The molecule has 0 spiro atoms. The molecular weight excluding hydrogens is 212 g/mol. The summed E-state index contributed by atoms with van der Waals surface area (Å²) in [5.74, 6) is 0.209. The van der Waals surface area contributed by atoms with Crippen molar-refractivity contribution in [3.63, 3.8) is 0 Å². The van der Waals surface area contributed by atoms with Crippen molar-refractivity contribution in [2.45, 2.75) is 32.6 Å². The summed E-state index contributed by atoms with van der Waals surface area (Å²) in [7, 11) is 0. The number of hydrogen-bond donors (Lipinski definition) is 1. The predicted octanol–water partition coefficient (Wildman–Crippen LogP) is 2.01. The number of fused-ring (bicyclic) bond motifs is 1. The highest BCUT2D eigenvalue weighted by Crippen LogP contribution is 2.28. The van der Waals surface area contributed by atoms with Crippen molar-refractivity contribution >= 4 is 11.6 Å². The van der Waals surface area contributed by atoms with Crippen LogP contribution in [0.1, 0.15) is 30.4 Å². The van der Waals surface area contributed by atoms with Crippen LogP contribution in [0.25, 0.3) is 0 Å². The molecule has 1 aromatic carbocycles. The van der Waals surface area contributed by atoms with Crippen LogP contribution in [-0.4, -0.2) is 19.0 Å². The lowest BCUT2D eigenvalue weighted by molar-refractivity contribution is -0.118. The van der Waals surface area contributed by atoms with E-state index in [1.807, 2.05) is 4.90 Å². The van der Waals surface area contributed by atoms with Crippen molar-refractivity contribution < 1.29 is 4.79 Å². The molecule has 0 unspecified atom stereocenters. The number of amides is 1. The number of carbonyl (C=O) groups is 1. The molecule has 1 amide bonds. The van der Waals surface area contributed by atoms with E-state index in [2.05, 4.69) is 25.1 Å². The van der Waals surface area contributed by atoms with Crippen molar-refractivity contribution in [2.75, 3.05) is 18.0 Å². The van der Waals surface area contributed by atoms with Gasteiger partial charge in [-0.2, -0.15) is 0 Å². The molecule has 1 aliphatic rings. The predicted molar refractivity (Wildman–Crippen MR) is 70.1 cm³/mol. The summed E-state index contributed by atoms with van der Waals surface area (Å²) in [5, 5.41) is 0. The largest absolute Gasteiger partial charge is 0.330 e. The molecule has 0 aliphatic carbocycles. The highest BCUT2D eigenvalue weighted by molar-refractivity contribution is 5.94. The summed E-state index contributed by atoms with van der Waals surface area (Å²) in [5.41, 5.74) is 9.12. The maximum absolute atomic E-state index is 12.1. The van der Waals surface area contributed by atoms with E-state index in [0.29, 0.717) is 13.0 Å². The highest BCUT2D eigenvalue weighted by Gasteiger charge is 2.21. The van der Waals surface area contributed by atoms with E-state index in [1.165, 1.54) is 11.1 Å². The number of nitrogens with two attached hydrogens (primary N) is 1. The van der Waals surface area contributed by atoms with Gasteiger partial charge in [-0.15, -0.1) is 0 Å². The number of aryl methyl sites for hydroxylation is 2. The lowest BCUT2D eigenvalue weighted by atomic mass is 9.99. The van der Waals surface area contributed by atoms with Gasteiger partial charge in [-0.1, -0.05) is 17.7 Å². The second-order valence-corrected chi connectivity index (χ2v) is 4.67. The Kier molecular flexibility index (Phi) is 3.79. The van der Waals surface area contributed by atoms with Gasteiger partial charge >= 0.3 is 0 Å². The SMILES string of the molecule is Cc1ccc2c(c1)CCCN2C(=O)CCCN. The van der Waals surface area contributed by atoms with Crippen LogP contribution in [0.2, 0.25) is 0 Å². The minimum Gasteiger partial charge on any atom is -0.330 e. The van der Waals surface area contributed by atoms with Crippen LogP contribution < -0.4 is 10.6 Å². The van der Waals surface area contributed by atoms with Gasteiger partial charge < -0.3 is 10.6 Å². The molecule has 2 N–H and O–H groups in total. The fraction of sp³-hybridized carbons (Fsp3) is 0.500. The first-order chi connectivity index (χ1) is 8.22. The first-order valence-electron chi connectivity index (χ1n) is 6.32. The van der Waals surface area contributed by atoms with Gasteiger partial charge in [-0.05, 0) is 44.4 Å². The van der Waals surface area contributed by atoms with Crippen LogP contribution in [0.15, 0.2) is 18.2 Å². The normalized spacial score (nSPS) is 14.6. The van der Waals surface area contributed by atoms with Crippen molar-refractivity contribution in [1.82, 2.24) is 0 Å². The molecule has 2 rings (SSSR count). The zero-order chi connectivity index (χ0) is 12.3. The standard InChI is InChI=1S/C14H20N2O/c1-11-6-7-13-12(10-11)4-3-9-16(13)14(17)5-2-8-15/h6-7,10H,2-5,8-9,15H2,1H3. The van der Waals surface area contributed by atoms with E-state index >= 15 is 0 Å². The smallest absolute Gasteiger partial charge is 0.227 e. The van der Waals surface area contributed by atoms with Crippen LogP contribution >= 0.6 is 0 Å². The lowest BCUT2D eigenvalue weighted by Gasteiger charge is -2.29. The molecule has 0 atom stereocenters. The van der Waals surface area contributed by atoms with E-state index < -0.39 is 0 Å². The monoisotopic (exact) mass is 232 g/mol. The first-order valence-corrected chi connectivity index (χ1v) is 6.32. The Hall–Kier alpha value is -1.35. The molecule has 3 nitrogen and oxygen atoms in total. The Morgan fingerprint density at radius 1 is 1.47 bits per heavy atom. The molecule has 1 aliphatic heterocycles. The third kappa shape index (κ3) is 2.67. The number of carbonyl (C=O) groups excluding carboxylic acids is 1. The van der Waals surface area contributed by atoms with Gasteiger partial charge in [0.15, 0.2) is 0 Å². The van der Waals surface area contributed by atoms with Crippen molar-refractivity contribution in [1.29, 1.82) is 0 Å². The van der Waals surface area contributed by atoms with E-state index in [1.54, 1.807) is 0 Å². The van der Waals surface area contributed by atoms with Gasteiger partial charge in [-0.3, -0.25) is 4.79 Å². The fourth-order valence-corrected chi connectivity index (χ4v) is 2.37. The fourth-order valence-electron chi connectivity index (χ4n) is 2.37. The summed E-state index contributed by atoms with van der Waals surface area (Å²) in [6.07, 6.45) is 3.48. The van der Waals surface area contributed by atoms with Gasteiger partial charge in [0.25, 0.3) is 0 Å². The summed E-state index contributed by atoms with van der Waals surface area (Å²) >= 11 is 0. The van der Waals surface area contributed by atoms with E-state index in [0.717, 1.165) is 31.5 Å².